The van der Waals surface area contributed by atoms with E-state index in [2.05, 4.69) is 9.97 Å². The van der Waals surface area contributed by atoms with E-state index in [-0.39, 0.29) is 12.5 Å². The van der Waals surface area contributed by atoms with Crippen LogP contribution in [-0.4, -0.2) is 48.0 Å². The predicted octanol–water partition coefficient (Wildman–Crippen LogP) is 1.04. The van der Waals surface area contributed by atoms with Crippen molar-refractivity contribution in [3.63, 3.8) is 0 Å². The van der Waals surface area contributed by atoms with Crippen molar-refractivity contribution in [1.82, 2.24) is 14.9 Å². The van der Waals surface area contributed by atoms with Crippen molar-refractivity contribution in [1.29, 1.82) is 0 Å². The van der Waals surface area contributed by atoms with Gasteiger partial charge in [-0.15, -0.1) is 0 Å². The van der Waals surface area contributed by atoms with Crippen molar-refractivity contribution in [2.45, 2.75) is 6.92 Å². The maximum atomic E-state index is 11.6. The number of anilines is 1. The highest BCUT2D eigenvalue weighted by Gasteiger charge is 2.15. The number of hydrogen-bond acceptors (Lipinski definition) is 4. The lowest BCUT2D eigenvalue weighted by Gasteiger charge is -2.23. The number of amides is 1. The number of rotatable bonds is 4. The van der Waals surface area contributed by atoms with Crippen LogP contribution in [0.25, 0.3) is 0 Å². The zero-order valence-electron chi connectivity index (χ0n) is 9.64. The summed E-state index contributed by atoms with van der Waals surface area (Å²) in [6.07, 6.45) is 3.08. The molecule has 0 spiro atoms. The number of likely N-dealkylation sites (N-methyl/N-ethyl adjacent to an activating group) is 2. The van der Waals surface area contributed by atoms with E-state index in [4.69, 9.17) is 11.6 Å². The Morgan fingerprint density at radius 2 is 2.00 bits per heavy atom. The first-order valence-corrected chi connectivity index (χ1v) is 5.35. The Labute approximate surface area is 100 Å². The number of carbonyl (C=O) groups is 1. The summed E-state index contributed by atoms with van der Waals surface area (Å²) in [7, 11) is 3.43. The van der Waals surface area contributed by atoms with Crippen LogP contribution < -0.4 is 4.90 Å². The Bertz CT molecular complexity index is 370. The quantitative estimate of drug-likeness (QED) is 0.792. The maximum absolute atomic E-state index is 11.6. The van der Waals surface area contributed by atoms with Gasteiger partial charge in [0.15, 0.2) is 11.0 Å². The highest BCUT2D eigenvalue weighted by atomic mass is 35.5. The van der Waals surface area contributed by atoms with Crippen LogP contribution in [0, 0.1) is 0 Å². The molecule has 0 saturated heterocycles. The molecule has 5 nitrogen and oxygen atoms in total. The molecule has 0 saturated carbocycles. The van der Waals surface area contributed by atoms with Crippen LogP contribution >= 0.6 is 11.6 Å². The van der Waals surface area contributed by atoms with Gasteiger partial charge in [-0.3, -0.25) is 4.79 Å². The fraction of sp³-hybridized carbons (Fsp3) is 0.500. The normalized spacial score (nSPS) is 10.0. The summed E-state index contributed by atoms with van der Waals surface area (Å²) in [4.78, 5) is 23.0. The van der Waals surface area contributed by atoms with E-state index in [0.717, 1.165) is 0 Å². The molecule has 1 amide bonds. The second-order valence-corrected chi connectivity index (χ2v) is 3.83. The first-order valence-electron chi connectivity index (χ1n) is 4.97. The molecule has 0 unspecified atom stereocenters. The first-order chi connectivity index (χ1) is 7.56. The lowest BCUT2D eigenvalue weighted by molar-refractivity contribution is -0.127. The Hall–Kier alpha value is -1.36. The topological polar surface area (TPSA) is 49.3 Å². The fourth-order valence-corrected chi connectivity index (χ4v) is 1.39. The van der Waals surface area contributed by atoms with Crippen LogP contribution in [-0.2, 0) is 4.79 Å². The van der Waals surface area contributed by atoms with Gasteiger partial charge in [0, 0.05) is 33.0 Å². The molecule has 0 aliphatic carbocycles. The highest BCUT2D eigenvalue weighted by molar-refractivity contribution is 6.31. The Morgan fingerprint density at radius 3 is 2.50 bits per heavy atom. The number of halogens is 1. The van der Waals surface area contributed by atoms with Gasteiger partial charge in [-0.05, 0) is 6.92 Å². The summed E-state index contributed by atoms with van der Waals surface area (Å²) >= 11 is 5.92. The van der Waals surface area contributed by atoms with Gasteiger partial charge in [0.05, 0.1) is 6.54 Å². The van der Waals surface area contributed by atoms with E-state index in [1.54, 1.807) is 25.2 Å². The summed E-state index contributed by atoms with van der Waals surface area (Å²) in [5, 5.41) is 0.316. The smallest absolute Gasteiger partial charge is 0.241 e. The van der Waals surface area contributed by atoms with E-state index in [0.29, 0.717) is 17.5 Å². The summed E-state index contributed by atoms with van der Waals surface area (Å²) < 4.78 is 0. The molecule has 1 heterocycles. The number of nitrogens with zero attached hydrogens (tertiary/aromatic N) is 4. The van der Waals surface area contributed by atoms with Gasteiger partial charge in [-0.2, -0.15) is 0 Å². The minimum absolute atomic E-state index is 0.00331. The van der Waals surface area contributed by atoms with Gasteiger partial charge in [-0.1, -0.05) is 11.6 Å². The minimum atomic E-state index is 0.00331. The molecule has 0 aliphatic heterocycles. The molecule has 0 bridgehead atoms. The molecule has 0 radical (unpaired) electrons. The molecule has 88 valence electrons. The van der Waals surface area contributed by atoms with Crippen LogP contribution in [0.3, 0.4) is 0 Å². The lowest BCUT2D eigenvalue weighted by Crippen LogP contribution is -2.37. The van der Waals surface area contributed by atoms with Gasteiger partial charge in [0.2, 0.25) is 5.91 Å². The minimum Gasteiger partial charge on any atom is -0.347 e. The van der Waals surface area contributed by atoms with E-state index >= 15 is 0 Å². The van der Waals surface area contributed by atoms with Crippen molar-refractivity contribution in [2.24, 2.45) is 0 Å². The largest absolute Gasteiger partial charge is 0.347 e. The molecule has 0 fully saturated rings. The summed E-state index contributed by atoms with van der Waals surface area (Å²) in [5.41, 5.74) is 0. The number of aromatic nitrogens is 2. The molecule has 1 aromatic rings. The van der Waals surface area contributed by atoms with Gasteiger partial charge < -0.3 is 9.80 Å². The molecule has 1 aromatic heterocycles. The van der Waals surface area contributed by atoms with Crippen molar-refractivity contribution in [3.05, 3.63) is 17.5 Å². The van der Waals surface area contributed by atoms with Crippen molar-refractivity contribution < 1.29 is 4.79 Å². The maximum Gasteiger partial charge on any atom is 0.241 e. The highest BCUT2D eigenvalue weighted by Crippen LogP contribution is 2.19. The summed E-state index contributed by atoms with van der Waals surface area (Å²) in [6, 6.07) is 0. The van der Waals surface area contributed by atoms with Gasteiger partial charge in [-0.25, -0.2) is 9.97 Å². The summed E-state index contributed by atoms with van der Waals surface area (Å²) in [6.45, 7) is 2.84. The Kier molecular flexibility index (Phi) is 4.49. The third kappa shape index (κ3) is 3.06. The average molecular weight is 243 g/mol. The second-order valence-electron chi connectivity index (χ2n) is 3.47. The molecule has 0 N–H and O–H groups in total. The standard InChI is InChI=1S/C10H15ClN4O/c1-4-15(7-8(16)14(2)3)10-9(11)12-5-6-13-10/h5-6H,4,7H2,1-3H3. The zero-order valence-corrected chi connectivity index (χ0v) is 10.4. The Morgan fingerprint density at radius 1 is 1.38 bits per heavy atom. The van der Waals surface area contributed by atoms with Crippen LogP contribution in [0.5, 0.6) is 0 Å². The molecule has 1 rings (SSSR count). The molecule has 6 heteroatoms. The third-order valence-corrected chi connectivity index (χ3v) is 2.41. The van der Waals surface area contributed by atoms with Crippen molar-refractivity contribution in [3.8, 4) is 0 Å². The van der Waals surface area contributed by atoms with Gasteiger partial charge in [0.25, 0.3) is 0 Å². The Balaban J connectivity index is 2.83. The van der Waals surface area contributed by atoms with Crippen LogP contribution in [0.15, 0.2) is 12.4 Å². The van der Waals surface area contributed by atoms with E-state index in [1.165, 1.54) is 11.1 Å². The SMILES string of the molecule is CCN(CC(=O)N(C)C)c1nccnc1Cl. The van der Waals surface area contributed by atoms with Crippen LogP contribution in [0.4, 0.5) is 5.82 Å². The van der Waals surface area contributed by atoms with Gasteiger partial charge >= 0.3 is 0 Å². The van der Waals surface area contributed by atoms with E-state index in [1.807, 2.05) is 6.92 Å². The fourth-order valence-electron chi connectivity index (χ4n) is 1.17. The third-order valence-electron chi connectivity index (χ3n) is 2.14. The first kappa shape index (κ1) is 12.7. The van der Waals surface area contributed by atoms with Crippen molar-refractivity contribution in [2.75, 3.05) is 32.1 Å². The molecular weight excluding hydrogens is 228 g/mol. The second kappa shape index (κ2) is 5.65. The van der Waals surface area contributed by atoms with Crippen LogP contribution in [0.1, 0.15) is 6.92 Å². The molecule has 0 aromatic carbocycles. The summed E-state index contributed by atoms with van der Waals surface area (Å²) in [5.74, 6) is 0.547. The zero-order chi connectivity index (χ0) is 12.1. The van der Waals surface area contributed by atoms with Crippen LogP contribution in [0.2, 0.25) is 5.15 Å². The van der Waals surface area contributed by atoms with E-state index in [9.17, 15) is 4.79 Å². The average Bonchev–Trinajstić information content (AvgIpc) is 2.26. The number of hydrogen-bond donors (Lipinski definition) is 0. The molecule has 0 atom stereocenters. The monoisotopic (exact) mass is 242 g/mol. The number of carbonyl (C=O) groups excluding carboxylic acids is 1. The predicted molar refractivity (Wildman–Crippen MR) is 63.6 cm³/mol. The lowest BCUT2D eigenvalue weighted by atomic mass is 10.4. The van der Waals surface area contributed by atoms with Gasteiger partial charge in [0.1, 0.15) is 0 Å². The van der Waals surface area contributed by atoms with Crippen molar-refractivity contribution >= 4 is 23.3 Å². The molecule has 16 heavy (non-hydrogen) atoms. The van der Waals surface area contributed by atoms with E-state index < -0.39 is 0 Å². The molecular formula is C10H15ClN4O. The molecule has 0 aliphatic rings.